The molecule has 0 fully saturated rings. The molecule has 3 aromatic carbocycles. The third-order valence-corrected chi connectivity index (χ3v) is 5.90. The predicted molar refractivity (Wildman–Crippen MR) is 140 cm³/mol. The zero-order chi connectivity index (χ0) is 25.7. The third-order valence-electron chi connectivity index (χ3n) is 5.90. The quantitative estimate of drug-likeness (QED) is 0.348. The summed E-state index contributed by atoms with van der Waals surface area (Å²) in [5.74, 6) is -0.505. The number of hydrogen-bond acceptors (Lipinski definition) is 5. The molecule has 1 N–H and O–H groups in total. The maximum Gasteiger partial charge on any atom is 0.356 e. The van der Waals surface area contributed by atoms with Crippen LogP contribution >= 0.6 is 0 Å². The van der Waals surface area contributed by atoms with Gasteiger partial charge in [-0.3, -0.25) is 9.59 Å². The van der Waals surface area contributed by atoms with Crippen LogP contribution in [0.5, 0.6) is 5.75 Å². The van der Waals surface area contributed by atoms with E-state index in [4.69, 9.17) is 9.47 Å². The molecule has 184 valence electrons. The average Bonchev–Trinajstić information content (AvgIpc) is 2.90. The standard InChI is InChI=1S/C29H28N2O5/c1-4-24(27(32)30-20-15-17-21(18-16-20)35-5-2)36-29(34)26-25(19-11-7-6-8-12-19)22-13-9-10-14-23(22)28(33)31(26)3/h6-18,24H,4-5H2,1-3H3,(H,30,32). The van der Waals surface area contributed by atoms with E-state index >= 15 is 0 Å². The van der Waals surface area contributed by atoms with Crippen molar-refractivity contribution in [1.29, 1.82) is 0 Å². The van der Waals surface area contributed by atoms with Crippen LogP contribution in [-0.4, -0.2) is 29.2 Å². The van der Waals surface area contributed by atoms with E-state index in [1.54, 1.807) is 50.4 Å². The van der Waals surface area contributed by atoms with Crippen molar-refractivity contribution in [3.63, 3.8) is 0 Å². The largest absolute Gasteiger partial charge is 0.494 e. The fourth-order valence-electron chi connectivity index (χ4n) is 4.13. The lowest BCUT2D eigenvalue weighted by Gasteiger charge is -2.20. The highest BCUT2D eigenvalue weighted by molar-refractivity contribution is 6.07. The normalized spacial score (nSPS) is 11.6. The Labute approximate surface area is 209 Å². The molecule has 4 aromatic rings. The van der Waals surface area contributed by atoms with Gasteiger partial charge in [-0.1, -0.05) is 55.5 Å². The molecule has 0 saturated carbocycles. The Kier molecular flexibility index (Phi) is 7.49. The molecular formula is C29H28N2O5. The first-order valence-electron chi connectivity index (χ1n) is 11.9. The van der Waals surface area contributed by atoms with Gasteiger partial charge in [-0.25, -0.2) is 4.79 Å². The van der Waals surface area contributed by atoms with Crippen molar-refractivity contribution in [3.8, 4) is 16.9 Å². The number of benzene rings is 3. The first kappa shape index (κ1) is 24.7. The number of fused-ring (bicyclic) bond motifs is 1. The monoisotopic (exact) mass is 484 g/mol. The van der Waals surface area contributed by atoms with Gasteiger partial charge in [0.05, 0.1) is 6.61 Å². The lowest BCUT2D eigenvalue weighted by atomic mass is 9.97. The van der Waals surface area contributed by atoms with Crippen LogP contribution in [0.15, 0.2) is 83.7 Å². The third kappa shape index (κ3) is 5.00. The average molecular weight is 485 g/mol. The van der Waals surface area contributed by atoms with Gasteiger partial charge in [0.15, 0.2) is 6.10 Å². The molecule has 1 amide bonds. The van der Waals surface area contributed by atoms with Gasteiger partial charge in [0.1, 0.15) is 11.4 Å². The van der Waals surface area contributed by atoms with Gasteiger partial charge in [-0.05, 0) is 54.6 Å². The topological polar surface area (TPSA) is 86.6 Å². The fraction of sp³-hybridized carbons (Fsp3) is 0.207. The SMILES string of the molecule is CCOc1ccc(NC(=O)C(CC)OC(=O)c2c(-c3ccccc3)c3ccccc3c(=O)n2C)cc1. The number of anilines is 1. The molecule has 7 nitrogen and oxygen atoms in total. The second-order valence-electron chi connectivity index (χ2n) is 8.25. The Balaban J connectivity index is 1.68. The summed E-state index contributed by atoms with van der Waals surface area (Å²) >= 11 is 0. The Hall–Kier alpha value is -4.39. The molecule has 0 aliphatic carbocycles. The number of nitrogens with one attached hydrogen (secondary N) is 1. The summed E-state index contributed by atoms with van der Waals surface area (Å²) in [7, 11) is 1.54. The Morgan fingerprint density at radius 3 is 2.17 bits per heavy atom. The minimum Gasteiger partial charge on any atom is -0.494 e. The van der Waals surface area contributed by atoms with Crippen LogP contribution in [0.4, 0.5) is 5.69 Å². The number of nitrogens with zero attached hydrogens (tertiary/aromatic N) is 1. The van der Waals surface area contributed by atoms with E-state index in [9.17, 15) is 14.4 Å². The van der Waals surface area contributed by atoms with Gasteiger partial charge >= 0.3 is 5.97 Å². The number of carbonyl (C=O) groups excluding carboxylic acids is 2. The van der Waals surface area contributed by atoms with Crippen LogP contribution in [0, 0.1) is 0 Å². The van der Waals surface area contributed by atoms with Gasteiger partial charge in [0.25, 0.3) is 11.5 Å². The molecule has 4 rings (SSSR count). The number of rotatable bonds is 8. The molecule has 7 heteroatoms. The molecule has 0 radical (unpaired) electrons. The van der Waals surface area contributed by atoms with Crippen LogP contribution in [0.3, 0.4) is 0 Å². The summed E-state index contributed by atoms with van der Waals surface area (Å²) in [5, 5.41) is 3.92. The second-order valence-corrected chi connectivity index (χ2v) is 8.25. The van der Waals surface area contributed by atoms with Crippen molar-refractivity contribution >= 4 is 28.3 Å². The fourth-order valence-corrected chi connectivity index (χ4v) is 4.13. The first-order valence-corrected chi connectivity index (χ1v) is 11.9. The van der Waals surface area contributed by atoms with Gasteiger partial charge in [-0.2, -0.15) is 0 Å². The van der Waals surface area contributed by atoms with Crippen molar-refractivity contribution in [2.45, 2.75) is 26.4 Å². The molecule has 0 aliphatic rings. The van der Waals surface area contributed by atoms with E-state index in [0.29, 0.717) is 34.4 Å². The molecule has 0 saturated heterocycles. The van der Waals surface area contributed by atoms with Gasteiger partial charge in [0.2, 0.25) is 0 Å². The number of hydrogen-bond donors (Lipinski definition) is 1. The highest BCUT2D eigenvalue weighted by atomic mass is 16.5. The summed E-state index contributed by atoms with van der Waals surface area (Å²) in [6.45, 7) is 4.19. The lowest BCUT2D eigenvalue weighted by Crippen LogP contribution is -2.34. The van der Waals surface area contributed by atoms with Crippen molar-refractivity contribution in [1.82, 2.24) is 4.57 Å². The molecule has 0 aliphatic heterocycles. The van der Waals surface area contributed by atoms with Gasteiger partial charge in [-0.15, -0.1) is 0 Å². The van der Waals surface area contributed by atoms with Crippen LogP contribution < -0.4 is 15.6 Å². The minimum absolute atomic E-state index is 0.0946. The van der Waals surface area contributed by atoms with Gasteiger partial charge < -0.3 is 19.4 Å². The zero-order valence-electron chi connectivity index (χ0n) is 20.5. The lowest BCUT2D eigenvalue weighted by molar-refractivity contribution is -0.124. The number of aromatic nitrogens is 1. The van der Waals surface area contributed by atoms with Crippen LogP contribution in [0.1, 0.15) is 30.8 Å². The van der Waals surface area contributed by atoms with E-state index in [-0.39, 0.29) is 17.7 Å². The number of pyridine rings is 1. The Bertz CT molecular complexity index is 1440. The molecule has 1 aromatic heterocycles. The number of ether oxygens (including phenoxy) is 2. The molecule has 1 unspecified atom stereocenters. The Morgan fingerprint density at radius 1 is 0.889 bits per heavy atom. The maximum atomic E-state index is 13.5. The van der Waals surface area contributed by atoms with Crippen LogP contribution in [-0.2, 0) is 16.6 Å². The van der Waals surface area contributed by atoms with Crippen molar-refractivity contribution in [2.24, 2.45) is 7.05 Å². The number of amides is 1. The van der Waals surface area contributed by atoms with E-state index < -0.39 is 18.0 Å². The highest BCUT2D eigenvalue weighted by Gasteiger charge is 2.27. The van der Waals surface area contributed by atoms with Crippen molar-refractivity contribution < 1.29 is 19.1 Å². The summed E-state index contributed by atoms with van der Waals surface area (Å²) in [4.78, 5) is 39.6. The smallest absolute Gasteiger partial charge is 0.356 e. The number of carbonyl (C=O) groups is 2. The van der Waals surface area contributed by atoms with Crippen LogP contribution in [0.2, 0.25) is 0 Å². The molecule has 0 spiro atoms. The van der Waals surface area contributed by atoms with Crippen molar-refractivity contribution in [3.05, 3.63) is 94.9 Å². The summed E-state index contributed by atoms with van der Waals surface area (Å²) < 4.78 is 12.4. The first-order chi connectivity index (χ1) is 17.4. The molecule has 1 heterocycles. The summed E-state index contributed by atoms with van der Waals surface area (Å²) in [6.07, 6.45) is -0.786. The number of esters is 1. The Morgan fingerprint density at radius 2 is 1.53 bits per heavy atom. The van der Waals surface area contributed by atoms with E-state index in [1.807, 2.05) is 49.4 Å². The molecular weight excluding hydrogens is 456 g/mol. The zero-order valence-corrected chi connectivity index (χ0v) is 20.5. The van der Waals surface area contributed by atoms with E-state index in [0.717, 1.165) is 5.56 Å². The molecule has 1 atom stereocenters. The summed E-state index contributed by atoms with van der Waals surface area (Å²) in [5.41, 5.74) is 1.69. The minimum atomic E-state index is -1.05. The van der Waals surface area contributed by atoms with Gasteiger partial charge in [0, 0.05) is 23.7 Å². The van der Waals surface area contributed by atoms with E-state index in [1.165, 1.54) is 4.57 Å². The van der Waals surface area contributed by atoms with E-state index in [2.05, 4.69) is 5.32 Å². The predicted octanol–water partition coefficient (Wildman–Crippen LogP) is 5.18. The molecule has 0 bridgehead atoms. The van der Waals surface area contributed by atoms with Crippen LogP contribution in [0.25, 0.3) is 21.9 Å². The second kappa shape index (κ2) is 10.9. The summed E-state index contributed by atoms with van der Waals surface area (Å²) in [6, 6.07) is 23.5. The maximum absolute atomic E-state index is 13.5. The highest BCUT2D eigenvalue weighted by Crippen LogP contribution is 2.31. The molecule has 36 heavy (non-hydrogen) atoms. The van der Waals surface area contributed by atoms with Crippen molar-refractivity contribution in [2.75, 3.05) is 11.9 Å².